The summed E-state index contributed by atoms with van der Waals surface area (Å²) in [7, 11) is 1.57. The van der Waals surface area contributed by atoms with Gasteiger partial charge in [-0.15, -0.1) is 0 Å². The number of ether oxygens (including phenoxy) is 1. The molecule has 0 aromatic heterocycles. The van der Waals surface area contributed by atoms with E-state index in [9.17, 15) is 5.11 Å². The van der Waals surface area contributed by atoms with E-state index in [0.29, 0.717) is 12.3 Å². The second-order valence-electron chi connectivity index (χ2n) is 7.46. The maximum atomic E-state index is 9.76. The molecule has 0 spiro atoms. The van der Waals surface area contributed by atoms with Gasteiger partial charge in [-0.05, 0) is 59.7 Å². The Labute approximate surface area is 145 Å². The SMILES string of the molecule is COc1cc(CC(CN)c2cc(C(C)(C)C)ccc2C)ccc1O. The van der Waals surface area contributed by atoms with E-state index < -0.39 is 0 Å². The van der Waals surface area contributed by atoms with Crippen LogP contribution in [0.25, 0.3) is 0 Å². The Balaban J connectivity index is 2.35. The van der Waals surface area contributed by atoms with Crippen LogP contribution >= 0.6 is 0 Å². The van der Waals surface area contributed by atoms with Crippen LogP contribution < -0.4 is 10.5 Å². The number of hydrogen-bond donors (Lipinski definition) is 2. The Morgan fingerprint density at radius 3 is 2.42 bits per heavy atom. The number of hydrogen-bond acceptors (Lipinski definition) is 3. The van der Waals surface area contributed by atoms with Gasteiger partial charge in [-0.1, -0.05) is 45.0 Å². The molecule has 0 saturated heterocycles. The van der Waals surface area contributed by atoms with Gasteiger partial charge in [0, 0.05) is 5.92 Å². The molecule has 0 aliphatic carbocycles. The predicted octanol–water partition coefficient (Wildman–Crippen LogP) is 4.29. The Morgan fingerprint density at radius 2 is 1.83 bits per heavy atom. The molecule has 0 saturated carbocycles. The van der Waals surface area contributed by atoms with Gasteiger partial charge in [0.25, 0.3) is 0 Å². The summed E-state index contributed by atoms with van der Waals surface area (Å²) in [5.74, 6) is 0.904. The fourth-order valence-electron chi connectivity index (χ4n) is 3.00. The Kier molecular flexibility index (Phi) is 5.55. The molecule has 1 unspecified atom stereocenters. The van der Waals surface area contributed by atoms with E-state index in [2.05, 4.69) is 45.9 Å². The molecular formula is C21H29NO2. The number of methoxy groups -OCH3 is 1. The second-order valence-corrected chi connectivity index (χ2v) is 7.46. The van der Waals surface area contributed by atoms with E-state index in [1.54, 1.807) is 13.2 Å². The first-order valence-electron chi connectivity index (χ1n) is 8.43. The quantitative estimate of drug-likeness (QED) is 0.861. The number of aromatic hydroxyl groups is 1. The standard InChI is InChI=1S/C21H29NO2/c1-14-6-8-17(21(2,3)4)12-18(14)16(13-22)10-15-7-9-19(23)20(11-15)24-5/h6-9,11-12,16,23H,10,13,22H2,1-5H3. The maximum absolute atomic E-state index is 9.76. The largest absolute Gasteiger partial charge is 0.504 e. The first kappa shape index (κ1) is 18.3. The summed E-state index contributed by atoms with van der Waals surface area (Å²) >= 11 is 0. The Morgan fingerprint density at radius 1 is 1.12 bits per heavy atom. The molecule has 2 aromatic rings. The van der Waals surface area contributed by atoms with Crippen molar-refractivity contribution >= 4 is 0 Å². The molecule has 24 heavy (non-hydrogen) atoms. The molecule has 2 aromatic carbocycles. The summed E-state index contributed by atoms with van der Waals surface area (Å²) in [4.78, 5) is 0. The predicted molar refractivity (Wildman–Crippen MR) is 100 cm³/mol. The molecule has 0 aliphatic heterocycles. The van der Waals surface area contributed by atoms with Crippen molar-refractivity contribution in [2.24, 2.45) is 5.73 Å². The molecule has 0 amide bonds. The molecule has 0 aliphatic rings. The van der Waals surface area contributed by atoms with Gasteiger partial charge in [0.1, 0.15) is 0 Å². The van der Waals surface area contributed by atoms with Gasteiger partial charge < -0.3 is 15.6 Å². The molecule has 0 bridgehead atoms. The highest BCUT2D eigenvalue weighted by Crippen LogP contribution is 2.32. The van der Waals surface area contributed by atoms with Crippen LogP contribution in [-0.2, 0) is 11.8 Å². The van der Waals surface area contributed by atoms with Gasteiger partial charge in [0.15, 0.2) is 11.5 Å². The van der Waals surface area contributed by atoms with Crippen molar-refractivity contribution in [2.75, 3.05) is 13.7 Å². The zero-order chi connectivity index (χ0) is 17.9. The lowest BCUT2D eigenvalue weighted by molar-refractivity contribution is 0.373. The first-order valence-corrected chi connectivity index (χ1v) is 8.43. The van der Waals surface area contributed by atoms with Gasteiger partial charge in [-0.3, -0.25) is 0 Å². The fourth-order valence-corrected chi connectivity index (χ4v) is 3.00. The van der Waals surface area contributed by atoms with Crippen LogP contribution in [0.4, 0.5) is 0 Å². The Bertz CT molecular complexity index is 701. The summed E-state index contributed by atoms with van der Waals surface area (Å²) in [5.41, 5.74) is 11.2. The minimum absolute atomic E-state index is 0.114. The highest BCUT2D eigenvalue weighted by Gasteiger charge is 2.19. The van der Waals surface area contributed by atoms with Crippen molar-refractivity contribution < 1.29 is 9.84 Å². The van der Waals surface area contributed by atoms with Gasteiger partial charge in [-0.25, -0.2) is 0 Å². The summed E-state index contributed by atoms with van der Waals surface area (Å²) < 4.78 is 5.21. The highest BCUT2D eigenvalue weighted by atomic mass is 16.5. The van der Waals surface area contributed by atoms with Crippen LogP contribution in [-0.4, -0.2) is 18.8 Å². The average Bonchev–Trinajstić information content (AvgIpc) is 2.53. The summed E-state index contributed by atoms with van der Waals surface area (Å²) in [5, 5.41) is 9.76. The number of phenolic OH excluding ortho intramolecular Hbond substituents is 1. The van der Waals surface area contributed by atoms with Crippen LogP contribution in [0.5, 0.6) is 11.5 Å². The minimum Gasteiger partial charge on any atom is -0.504 e. The molecule has 2 rings (SSSR count). The lowest BCUT2D eigenvalue weighted by atomic mass is 9.81. The average molecular weight is 327 g/mol. The molecule has 0 fully saturated rings. The maximum Gasteiger partial charge on any atom is 0.160 e. The van der Waals surface area contributed by atoms with Crippen molar-refractivity contribution in [2.45, 2.75) is 45.4 Å². The van der Waals surface area contributed by atoms with Crippen LogP contribution in [0.15, 0.2) is 36.4 Å². The molecule has 0 radical (unpaired) electrons. The highest BCUT2D eigenvalue weighted by molar-refractivity contribution is 5.43. The van der Waals surface area contributed by atoms with Crippen molar-refractivity contribution in [3.05, 3.63) is 58.7 Å². The van der Waals surface area contributed by atoms with Crippen molar-refractivity contribution in [1.82, 2.24) is 0 Å². The molecule has 3 N–H and O–H groups in total. The van der Waals surface area contributed by atoms with Crippen LogP contribution in [0.3, 0.4) is 0 Å². The zero-order valence-electron chi connectivity index (χ0n) is 15.4. The van der Waals surface area contributed by atoms with Gasteiger partial charge >= 0.3 is 0 Å². The third-order valence-corrected chi connectivity index (χ3v) is 4.60. The minimum atomic E-state index is 0.114. The van der Waals surface area contributed by atoms with E-state index in [0.717, 1.165) is 12.0 Å². The molecule has 3 heteroatoms. The lowest BCUT2D eigenvalue weighted by Gasteiger charge is -2.24. The van der Waals surface area contributed by atoms with E-state index in [1.807, 2.05) is 12.1 Å². The monoisotopic (exact) mass is 327 g/mol. The van der Waals surface area contributed by atoms with Crippen LogP contribution in [0.2, 0.25) is 0 Å². The molecular weight excluding hydrogens is 298 g/mol. The van der Waals surface area contributed by atoms with Gasteiger partial charge in [-0.2, -0.15) is 0 Å². The number of phenols is 1. The summed E-state index contributed by atoms with van der Waals surface area (Å²) in [6, 6.07) is 12.2. The molecule has 0 heterocycles. The third-order valence-electron chi connectivity index (χ3n) is 4.60. The zero-order valence-corrected chi connectivity index (χ0v) is 15.4. The number of benzene rings is 2. The molecule has 1 atom stereocenters. The fraction of sp³-hybridized carbons (Fsp3) is 0.429. The Hall–Kier alpha value is -2.00. The van der Waals surface area contributed by atoms with Gasteiger partial charge in [0.2, 0.25) is 0 Å². The van der Waals surface area contributed by atoms with Crippen LogP contribution in [0.1, 0.15) is 48.9 Å². The van der Waals surface area contributed by atoms with Crippen LogP contribution in [0, 0.1) is 6.92 Å². The summed E-state index contributed by atoms with van der Waals surface area (Å²) in [6.07, 6.45) is 0.821. The normalized spacial score (nSPS) is 12.9. The van der Waals surface area contributed by atoms with E-state index >= 15 is 0 Å². The van der Waals surface area contributed by atoms with E-state index in [-0.39, 0.29) is 17.1 Å². The summed E-state index contributed by atoms with van der Waals surface area (Å²) in [6.45, 7) is 9.40. The van der Waals surface area contributed by atoms with E-state index in [4.69, 9.17) is 10.5 Å². The lowest BCUT2D eigenvalue weighted by Crippen LogP contribution is -2.18. The van der Waals surface area contributed by atoms with E-state index in [1.165, 1.54) is 16.7 Å². The number of aryl methyl sites for hydroxylation is 1. The van der Waals surface area contributed by atoms with Crippen molar-refractivity contribution in [1.29, 1.82) is 0 Å². The first-order chi connectivity index (χ1) is 11.3. The number of nitrogens with two attached hydrogens (primary N) is 1. The van der Waals surface area contributed by atoms with Gasteiger partial charge in [0.05, 0.1) is 7.11 Å². The molecule has 130 valence electrons. The number of rotatable bonds is 5. The van der Waals surface area contributed by atoms with Crippen molar-refractivity contribution in [3.8, 4) is 11.5 Å². The smallest absolute Gasteiger partial charge is 0.160 e. The third kappa shape index (κ3) is 4.09. The second kappa shape index (κ2) is 7.27. The van der Waals surface area contributed by atoms with Crippen molar-refractivity contribution in [3.63, 3.8) is 0 Å². The molecule has 3 nitrogen and oxygen atoms in total. The topological polar surface area (TPSA) is 55.5 Å².